The molecule has 0 aliphatic carbocycles. The molecule has 1 heterocycles. The van der Waals surface area contributed by atoms with Gasteiger partial charge in [0.25, 0.3) is 11.8 Å². The van der Waals surface area contributed by atoms with Crippen molar-refractivity contribution in [1.82, 2.24) is 10.3 Å². The molecule has 222 valence electrons. The number of amides is 3. The molecule has 0 aliphatic rings. The van der Waals surface area contributed by atoms with E-state index in [4.69, 9.17) is 4.74 Å². The molecule has 0 saturated heterocycles. The Kier molecular flexibility index (Phi) is 9.78. The second-order valence-corrected chi connectivity index (χ2v) is 11.2. The Morgan fingerprint density at radius 1 is 0.864 bits per heavy atom. The van der Waals surface area contributed by atoms with Gasteiger partial charge in [0.2, 0.25) is 5.91 Å². The first-order chi connectivity index (χ1) is 21.4. The third kappa shape index (κ3) is 7.56. The predicted molar refractivity (Wildman–Crippen MR) is 177 cm³/mol. The number of hydrogen-bond donors (Lipinski definition) is 4. The molecule has 3 amide bonds. The van der Waals surface area contributed by atoms with Crippen LogP contribution in [0.3, 0.4) is 0 Å². The lowest BCUT2D eigenvalue weighted by atomic mass is 10.1. The van der Waals surface area contributed by atoms with Crippen molar-refractivity contribution < 1.29 is 19.1 Å². The average Bonchev–Trinajstić information content (AvgIpc) is 3.46. The first-order valence-corrected chi connectivity index (χ1v) is 15.0. The molecule has 0 spiro atoms. The van der Waals surface area contributed by atoms with Gasteiger partial charge in [-0.15, -0.1) is 11.8 Å². The van der Waals surface area contributed by atoms with Crippen LogP contribution in [-0.2, 0) is 9.59 Å². The molecule has 4 aromatic carbocycles. The fourth-order valence-electron chi connectivity index (χ4n) is 4.54. The van der Waals surface area contributed by atoms with Crippen LogP contribution in [0.15, 0.2) is 120 Å². The largest absolute Gasteiger partial charge is 0.497 e. The quantitative estimate of drug-likeness (QED) is 0.0950. The molecule has 9 heteroatoms. The van der Waals surface area contributed by atoms with E-state index in [1.165, 1.54) is 11.8 Å². The van der Waals surface area contributed by atoms with E-state index in [0.717, 1.165) is 21.4 Å². The number of carbonyl (C=O) groups excluding carboxylic acids is 3. The fraction of sp³-hybridized carbons (Fsp3) is 0.114. The zero-order chi connectivity index (χ0) is 30.9. The molecule has 0 saturated carbocycles. The van der Waals surface area contributed by atoms with Crippen molar-refractivity contribution in [3.8, 4) is 5.75 Å². The van der Waals surface area contributed by atoms with Crippen molar-refractivity contribution in [2.45, 2.75) is 23.5 Å². The Bertz CT molecular complexity index is 1800. The SMILES string of the molecule is CCC(Sc1cccc(NC(=O)/C(=C/c2c[nH]c3ccccc23)NC(=O)c2ccccc2)c1)C(=O)Nc1ccc(OC)cc1. The summed E-state index contributed by atoms with van der Waals surface area (Å²) in [4.78, 5) is 43.7. The van der Waals surface area contributed by atoms with Crippen LogP contribution in [-0.4, -0.2) is 35.1 Å². The van der Waals surface area contributed by atoms with Gasteiger partial charge in [0.15, 0.2) is 0 Å². The van der Waals surface area contributed by atoms with E-state index in [0.29, 0.717) is 29.1 Å². The lowest BCUT2D eigenvalue weighted by molar-refractivity contribution is -0.116. The number of aromatic nitrogens is 1. The molecule has 0 fully saturated rings. The van der Waals surface area contributed by atoms with Crippen molar-refractivity contribution in [3.05, 3.63) is 126 Å². The van der Waals surface area contributed by atoms with E-state index in [9.17, 15) is 14.4 Å². The van der Waals surface area contributed by atoms with E-state index >= 15 is 0 Å². The van der Waals surface area contributed by atoms with Gasteiger partial charge in [-0.1, -0.05) is 49.4 Å². The van der Waals surface area contributed by atoms with E-state index in [2.05, 4.69) is 20.9 Å². The number of aromatic amines is 1. The normalized spacial score (nSPS) is 11.9. The van der Waals surface area contributed by atoms with Gasteiger partial charge in [-0.2, -0.15) is 0 Å². The number of fused-ring (bicyclic) bond motifs is 1. The van der Waals surface area contributed by atoms with Crippen LogP contribution < -0.4 is 20.7 Å². The number of carbonyl (C=O) groups is 3. The summed E-state index contributed by atoms with van der Waals surface area (Å²) < 4.78 is 5.18. The number of ether oxygens (including phenoxy) is 1. The zero-order valence-corrected chi connectivity index (χ0v) is 25.1. The van der Waals surface area contributed by atoms with E-state index in [1.54, 1.807) is 74.0 Å². The monoisotopic (exact) mass is 604 g/mol. The minimum absolute atomic E-state index is 0.0898. The number of para-hydroxylation sites is 1. The molecule has 5 rings (SSSR count). The lowest BCUT2D eigenvalue weighted by Crippen LogP contribution is -2.30. The fourth-order valence-corrected chi connectivity index (χ4v) is 5.55. The van der Waals surface area contributed by atoms with Gasteiger partial charge in [-0.3, -0.25) is 14.4 Å². The van der Waals surface area contributed by atoms with E-state index in [1.807, 2.05) is 55.5 Å². The number of thioether (sulfide) groups is 1. The molecule has 44 heavy (non-hydrogen) atoms. The van der Waals surface area contributed by atoms with Crippen molar-refractivity contribution >= 4 is 57.8 Å². The Hall–Kier alpha value is -5.28. The summed E-state index contributed by atoms with van der Waals surface area (Å²) in [6.07, 6.45) is 4.06. The van der Waals surface area contributed by atoms with Crippen LogP contribution in [0.4, 0.5) is 11.4 Å². The topological polar surface area (TPSA) is 112 Å². The molecule has 0 bridgehead atoms. The highest BCUT2D eigenvalue weighted by molar-refractivity contribution is 8.00. The molecule has 1 atom stereocenters. The standard InChI is InChI=1S/C35H32N4O4S/c1-3-32(35(42)37-25-16-18-27(43-2)19-17-25)44-28-13-9-12-26(21-28)38-34(41)31(39-33(40)23-10-5-4-6-11-23)20-24-22-36-30-15-8-7-14-29(24)30/h4-22,32,36H,3H2,1-2H3,(H,37,42)(H,38,41)(H,39,40)/b31-20-. The summed E-state index contributed by atoms with van der Waals surface area (Å²) in [5.41, 5.74) is 3.41. The third-order valence-corrected chi connectivity index (χ3v) is 8.20. The summed E-state index contributed by atoms with van der Waals surface area (Å²) >= 11 is 1.41. The highest BCUT2D eigenvalue weighted by atomic mass is 32.2. The number of H-pyrrole nitrogens is 1. The lowest BCUT2D eigenvalue weighted by Gasteiger charge is -2.16. The van der Waals surface area contributed by atoms with Gasteiger partial charge in [0.05, 0.1) is 12.4 Å². The Labute approximate surface area is 259 Å². The number of benzene rings is 4. The summed E-state index contributed by atoms with van der Waals surface area (Å²) in [6, 6.07) is 30.9. The van der Waals surface area contributed by atoms with Crippen molar-refractivity contribution in [2.24, 2.45) is 0 Å². The second kappa shape index (κ2) is 14.3. The maximum atomic E-state index is 13.6. The number of methoxy groups -OCH3 is 1. The maximum Gasteiger partial charge on any atom is 0.272 e. The predicted octanol–water partition coefficient (Wildman–Crippen LogP) is 7.10. The molecule has 0 radical (unpaired) electrons. The minimum atomic E-state index is -0.481. The molecule has 8 nitrogen and oxygen atoms in total. The molecule has 1 unspecified atom stereocenters. The Morgan fingerprint density at radius 3 is 2.36 bits per heavy atom. The third-order valence-electron chi connectivity index (χ3n) is 6.84. The summed E-state index contributed by atoms with van der Waals surface area (Å²) in [5, 5.41) is 9.22. The van der Waals surface area contributed by atoms with Crippen LogP contribution in [0.2, 0.25) is 0 Å². The molecular weight excluding hydrogens is 572 g/mol. The summed E-state index contributed by atoms with van der Waals surface area (Å²) in [6.45, 7) is 1.95. The van der Waals surface area contributed by atoms with E-state index < -0.39 is 11.8 Å². The van der Waals surface area contributed by atoms with Crippen molar-refractivity contribution in [3.63, 3.8) is 0 Å². The number of nitrogens with one attached hydrogen (secondary N) is 4. The molecule has 4 N–H and O–H groups in total. The van der Waals surface area contributed by atoms with Gasteiger partial charge >= 0.3 is 0 Å². The van der Waals surface area contributed by atoms with Gasteiger partial charge in [-0.25, -0.2) is 0 Å². The average molecular weight is 605 g/mol. The van der Waals surface area contributed by atoms with Crippen molar-refractivity contribution in [2.75, 3.05) is 17.7 Å². The van der Waals surface area contributed by atoms with E-state index in [-0.39, 0.29) is 16.9 Å². The molecular formula is C35H32N4O4S. The maximum absolute atomic E-state index is 13.6. The molecule has 0 aliphatic heterocycles. The van der Waals surface area contributed by atoms with Crippen molar-refractivity contribution in [1.29, 1.82) is 0 Å². The Morgan fingerprint density at radius 2 is 1.61 bits per heavy atom. The molecule has 1 aromatic heterocycles. The first-order valence-electron chi connectivity index (χ1n) is 14.1. The second-order valence-electron chi connectivity index (χ2n) is 9.88. The van der Waals surface area contributed by atoms with Gasteiger partial charge in [0.1, 0.15) is 11.4 Å². The molecule has 5 aromatic rings. The van der Waals surface area contributed by atoms with Gasteiger partial charge in [-0.05, 0) is 73.2 Å². The highest BCUT2D eigenvalue weighted by Crippen LogP contribution is 2.29. The van der Waals surface area contributed by atoms with Crippen LogP contribution >= 0.6 is 11.8 Å². The van der Waals surface area contributed by atoms with Crippen LogP contribution in [0.25, 0.3) is 17.0 Å². The number of hydrogen-bond acceptors (Lipinski definition) is 5. The van der Waals surface area contributed by atoms with Gasteiger partial charge < -0.3 is 25.7 Å². The van der Waals surface area contributed by atoms with Crippen LogP contribution in [0.5, 0.6) is 5.75 Å². The summed E-state index contributed by atoms with van der Waals surface area (Å²) in [7, 11) is 1.59. The first kappa shape index (κ1) is 30.2. The number of anilines is 2. The highest BCUT2D eigenvalue weighted by Gasteiger charge is 2.20. The zero-order valence-electron chi connectivity index (χ0n) is 24.3. The Balaban J connectivity index is 1.33. The summed E-state index contributed by atoms with van der Waals surface area (Å²) in [5.74, 6) is -0.289. The van der Waals surface area contributed by atoms with Gasteiger partial charge in [0, 0.05) is 44.5 Å². The smallest absolute Gasteiger partial charge is 0.272 e. The van der Waals surface area contributed by atoms with Crippen LogP contribution in [0, 0.1) is 0 Å². The van der Waals surface area contributed by atoms with Crippen LogP contribution in [0.1, 0.15) is 29.3 Å². The minimum Gasteiger partial charge on any atom is -0.497 e. The number of rotatable bonds is 11.